The maximum atomic E-state index is 12.8. The summed E-state index contributed by atoms with van der Waals surface area (Å²) in [6.07, 6.45) is 1.76. The standard InChI is InChI=1S/C21H18N2O2/c1-25-20-12-11-16-9-5-6-10-17(16)19(20)14-23-21(24)18(13-22-23)15-7-3-2-4-8-15/h2-13,22H,14H2,1H3. The Balaban J connectivity index is 1.80. The van der Waals surface area contributed by atoms with Gasteiger partial charge in [-0.25, -0.2) is 4.68 Å². The largest absolute Gasteiger partial charge is 0.496 e. The molecular weight excluding hydrogens is 312 g/mol. The molecule has 0 saturated carbocycles. The van der Waals surface area contributed by atoms with Crippen LogP contribution in [-0.2, 0) is 6.54 Å². The predicted octanol–water partition coefficient (Wildman–Crippen LogP) is 4.05. The van der Waals surface area contributed by atoms with E-state index >= 15 is 0 Å². The van der Waals surface area contributed by atoms with Gasteiger partial charge >= 0.3 is 0 Å². The zero-order chi connectivity index (χ0) is 17.2. The molecule has 0 unspecified atom stereocenters. The molecule has 0 spiro atoms. The number of H-pyrrole nitrogens is 1. The minimum Gasteiger partial charge on any atom is -0.496 e. The van der Waals surface area contributed by atoms with Gasteiger partial charge in [0.1, 0.15) is 5.75 Å². The lowest BCUT2D eigenvalue weighted by molar-refractivity contribution is 0.408. The van der Waals surface area contributed by atoms with E-state index in [1.165, 1.54) is 0 Å². The van der Waals surface area contributed by atoms with E-state index in [2.05, 4.69) is 17.2 Å². The molecule has 1 aromatic heterocycles. The van der Waals surface area contributed by atoms with Crippen LogP contribution in [0.25, 0.3) is 21.9 Å². The lowest BCUT2D eigenvalue weighted by Crippen LogP contribution is -2.19. The van der Waals surface area contributed by atoms with E-state index in [1.807, 2.05) is 54.6 Å². The van der Waals surface area contributed by atoms with Crippen LogP contribution in [0.5, 0.6) is 5.75 Å². The van der Waals surface area contributed by atoms with Gasteiger partial charge < -0.3 is 9.84 Å². The Morgan fingerprint density at radius 2 is 1.72 bits per heavy atom. The maximum Gasteiger partial charge on any atom is 0.274 e. The van der Waals surface area contributed by atoms with Gasteiger partial charge in [-0.15, -0.1) is 0 Å². The molecule has 124 valence electrons. The molecule has 25 heavy (non-hydrogen) atoms. The fourth-order valence-electron chi connectivity index (χ4n) is 3.18. The molecule has 4 aromatic rings. The van der Waals surface area contributed by atoms with Crippen LogP contribution >= 0.6 is 0 Å². The maximum absolute atomic E-state index is 12.8. The van der Waals surface area contributed by atoms with E-state index in [4.69, 9.17) is 4.74 Å². The van der Waals surface area contributed by atoms with E-state index in [0.717, 1.165) is 27.6 Å². The molecule has 0 radical (unpaired) electrons. The smallest absolute Gasteiger partial charge is 0.274 e. The number of aromatic nitrogens is 2. The van der Waals surface area contributed by atoms with Crippen molar-refractivity contribution in [1.82, 2.24) is 9.78 Å². The summed E-state index contributed by atoms with van der Waals surface area (Å²) in [6.45, 7) is 0.427. The first-order valence-electron chi connectivity index (χ1n) is 8.16. The third-order valence-corrected chi connectivity index (χ3v) is 4.46. The van der Waals surface area contributed by atoms with E-state index in [9.17, 15) is 4.79 Å². The predicted molar refractivity (Wildman–Crippen MR) is 100 cm³/mol. The lowest BCUT2D eigenvalue weighted by atomic mass is 10.0. The van der Waals surface area contributed by atoms with Crippen molar-refractivity contribution in [2.75, 3.05) is 7.11 Å². The second-order valence-corrected chi connectivity index (χ2v) is 5.91. The van der Waals surface area contributed by atoms with Crippen LogP contribution in [0.3, 0.4) is 0 Å². The van der Waals surface area contributed by atoms with Crippen molar-refractivity contribution in [3.63, 3.8) is 0 Å². The third-order valence-electron chi connectivity index (χ3n) is 4.46. The van der Waals surface area contributed by atoms with Gasteiger partial charge in [0.2, 0.25) is 0 Å². The molecule has 3 aromatic carbocycles. The van der Waals surface area contributed by atoms with Crippen molar-refractivity contribution in [1.29, 1.82) is 0 Å². The molecule has 0 aliphatic rings. The Morgan fingerprint density at radius 1 is 0.960 bits per heavy atom. The highest BCUT2D eigenvalue weighted by atomic mass is 16.5. The Morgan fingerprint density at radius 3 is 2.52 bits per heavy atom. The van der Waals surface area contributed by atoms with Gasteiger partial charge in [0.25, 0.3) is 5.56 Å². The van der Waals surface area contributed by atoms with Gasteiger partial charge in [-0.2, -0.15) is 0 Å². The van der Waals surface area contributed by atoms with E-state index < -0.39 is 0 Å². The fraction of sp³-hybridized carbons (Fsp3) is 0.0952. The molecule has 0 bridgehead atoms. The van der Waals surface area contributed by atoms with Crippen molar-refractivity contribution in [3.05, 3.63) is 88.8 Å². The quantitative estimate of drug-likeness (QED) is 0.613. The van der Waals surface area contributed by atoms with Crippen LogP contribution in [0, 0.1) is 0 Å². The summed E-state index contributed by atoms with van der Waals surface area (Å²) in [7, 11) is 1.65. The number of benzene rings is 3. The first-order valence-corrected chi connectivity index (χ1v) is 8.16. The summed E-state index contributed by atoms with van der Waals surface area (Å²) in [5.74, 6) is 0.779. The van der Waals surface area contributed by atoms with Crippen LogP contribution < -0.4 is 10.3 Å². The van der Waals surface area contributed by atoms with Gasteiger partial charge in [-0.3, -0.25) is 4.79 Å². The van der Waals surface area contributed by atoms with Gasteiger partial charge in [0.15, 0.2) is 0 Å². The van der Waals surface area contributed by atoms with Gasteiger partial charge in [-0.1, -0.05) is 60.7 Å². The summed E-state index contributed by atoms with van der Waals surface area (Å²) < 4.78 is 7.15. The van der Waals surface area contributed by atoms with Crippen molar-refractivity contribution in [2.45, 2.75) is 6.54 Å². The van der Waals surface area contributed by atoms with E-state index in [-0.39, 0.29) is 5.56 Å². The highest BCUT2D eigenvalue weighted by Crippen LogP contribution is 2.28. The van der Waals surface area contributed by atoms with Crippen LogP contribution in [0.2, 0.25) is 0 Å². The molecule has 0 saturated heterocycles. The Bertz CT molecular complexity index is 1080. The number of methoxy groups -OCH3 is 1. The number of rotatable bonds is 4. The minimum absolute atomic E-state index is 0.0406. The SMILES string of the molecule is COc1ccc2ccccc2c1Cn1[nH]cc(-c2ccccc2)c1=O. The topological polar surface area (TPSA) is 47.0 Å². The number of hydrogen-bond donors (Lipinski definition) is 1. The second-order valence-electron chi connectivity index (χ2n) is 5.91. The van der Waals surface area contributed by atoms with Crippen molar-refractivity contribution < 1.29 is 4.74 Å². The van der Waals surface area contributed by atoms with Crippen molar-refractivity contribution >= 4 is 10.8 Å². The molecule has 0 fully saturated rings. The molecule has 1 N–H and O–H groups in total. The Kier molecular flexibility index (Phi) is 3.86. The molecule has 0 aliphatic heterocycles. The Labute approximate surface area is 145 Å². The van der Waals surface area contributed by atoms with Crippen LogP contribution in [-0.4, -0.2) is 16.9 Å². The number of ether oxygens (including phenoxy) is 1. The minimum atomic E-state index is -0.0406. The average molecular weight is 330 g/mol. The molecule has 1 heterocycles. The van der Waals surface area contributed by atoms with E-state index in [0.29, 0.717) is 12.1 Å². The normalized spacial score (nSPS) is 10.9. The summed E-state index contributed by atoms with van der Waals surface area (Å²) in [5, 5.41) is 5.30. The molecule has 0 atom stereocenters. The number of fused-ring (bicyclic) bond motifs is 1. The molecule has 4 heteroatoms. The average Bonchev–Trinajstić information content (AvgIpc) is 3.03. The summed E-state index contributed by atoms with van der Waals surface area (Å²) >= 11 is 0. The van der Waals surface area contributed by atoms with Gasteiger partial charge in [0, 0.05) is 11.8 Å². The number of nitrogens with one attached hydrogen (secondary N) is 1. The molecule has 0 aliphatic carbocycles. The van der Waals surface area contributed by atoms with Crippen LogP contribution in [0.4, 0.5) is 0 Å². The summed E-state index contributed by atoms with van der Waals surface area (Å²) in [4.78, 5) is 12.8. The van der Waals surface area contributed by atoms with E-state index in [1.54, 1.807) is 18.0 Å². The van der Waals surface area contributed by atoms with Crippen LogP contribution in [0.1, 0.15) is 5.56 Å². The Hall–Kier alpha value is -3.27. The highest BCUT2D eigenvalue weighted by Gasteiger charge is 2.13. The molecule has 0 amide bonds. The van der Waals surface area contributed by atoms with Crippen LogP contribution in [0.15, 0.2) is 77.7 Å². The number of hydrogen-bond acceptors (Lipinski definition) is 2. The molecule has 4 nitrogen and oxygen atoms in total. The first-order chi connectivity index (χ1) is 12.3. The van der Waals surface area contributed by atoms with Gasteiger partial charge in [-0.05, 0) is 22.4 Å². The fourth-order valence-corrected chi connectivity index (χ4v) is 3.18. The zero-order valence-corrected chi connectivity index (χ0v) is 13.9. The molecule has 4 rings (SSSR count). The number of aromatic amines is 1. The monoisotopic (exact) mass is 330 g/mol. The van der Waals surface area contributed by atoms with Gasteiger partial charge in [0.05, 0.1) is 19.2 Å². The lowest BCUT2D eigenvalue weighted by Gasteiger charge is -2.12. The van der Waals surface area contributed by atoms with Crippen molar-refractivity contribution in [2.24, 2.45) is 0 Å². The summed E-state index contributed by atoms with van der Waals surface area (Å²) in [6, 6.07) is 21.8. The second kappa shape index (κ2) is 6.32. The highest BCUT2D eigenvalue weighted by molar-refractivity contribution is 5.87. The van der Waals surface area contributed by atoms with Crippen molar-refractivity contribution in [3.8, 4) is 16.9 Å². The first kappa shape index (κ1) is 15.3. The third kappa shape index (κ3) is 2.72. The summed E-state index contributed by atoms with van der Waals surface area (Å²) in [5.41, 5.74) is 2.53. The molecular formula is C21H18N2O2. The number of nitrogens with zero attached hydrogens (tertiary/aromatic N) is 1. The zero-order valence-electron chi connectivity index (χ0n) is 13.9.